The molecule has 0 aromatic carbocycles. The van der Waals surface area contributed by atoms with Gasteiger partial charge in [-0.1, -0.05) is 6.07 Å². The van der Waals surface area contributed by atoms with Crippen LogP contribution in [0.25, 0.3) is 0 Å². The van der Waals surface area contributed by atoms with E-state index in [9.17, 15) is 5.11 Å². The summed E-state index contributed by atoms with van der Waals surface area (Å²) in [6, 6.07) is 4.42. The molecule has 0 bridgehead atoms. The van der Waals surface area contributed by atoms with Crippen LogP contribution in [-0.4, -0.2) is 29.7 Å². The third kappa shape index (κ3) is 1.93. The van der Waals surface area contributed by atoms with Crippen LogP contribution in [0.4, 0.5) is 0 Å². The predicted octanol–water partition coefficient (Wildman–Crippen LogP) is 1.88. The summed E-state index contributed by atoms with van der Waals surface area (Å²) in [6.07, 6.45) is 2.56. The first-order valence-electron chi connectivity index (χ1n) is 4.80. The van der Waals surface area contributed by atoms with Gasteiger partial charge in [0.1, 0.15) is 0 Å². The Morgan fingerprint density at radius 1 is 1.46 bits per heavy atom. The molecular formula is C10H15NOS. The van der Waals surface area contributed by atoms with Gasteiger partial charge in [-0.05, 0) is 37.4 Å². The molecule has 1 atom stereocenters. The summed E-state index contributed by atoms with van der Waals surface area (Å²) >= 11 is 1.74. The molecule has 0 radical (unpaired) electrons. The fourth-order valence-corrected chi connectivity index (χ4v) is 2.77. The molecule has 0 saturated carbocycles. The van der Waals surface area contributed by atoms with Crippen molar-refractivity contribution in [1.82, 2.24) is 4.90 Å². The van der Waals surface area contributed by atoms with Crippen LogP contribution in [0.5, 0.6) is 0 Å². The summed E-state index contributed by atoms with van der Waals surface area (Å²) in [5, 5.41) is 11.4. The molecule has 1 fully saturated rings. The lowest BCUT2D eigenvalue weighted by molar-refractivity contribution is 0.149. The van der Waals surface area contributed by atoms with Gasteiger partial charge in [-0.3, -0.25) is 4.90 Å². The Morgan fingerprint density at radius 3 is 2.77 bits per heavy atom. The second kappa shape index (κ2) is 4.22. The van der Waals surface area contributed by atoms with Crippen molar-refractivity contribution in [1.29, 1.82) is 0 Å². The number of aliphatic hydroxyl groups is 1. The number of aliphatic hydroxyl groups excluding tert-OH is 1. The monoisotopic (exact) mass is 197 g/mol. The number of hydrogen-bond donors (Lipinski definition) is 1. The highest BCUT2D eigenvalue weighted by atomic mass is 32.1. The van der Waals surface area contributed by atoms with Crippen molar-refractivity contribution >= 4 is 11.3 Å². The molecule has 72 valence electrons. The zero-order valence-electron chi connectivity index (χ0n) is 7.65. The maximum atomic E-state index is 9.32. The quantitative estimate of drug-likeness (QED) is 0.799. The fraction of sp³-hybridized carbons (Fsp3) is 0.600. The van der Waals surface area contributed by atoms with Crippen LogP contribution in [0.1, 0.15) is 23.8 Å². The molecular weight excluding hydrogens is 182 g/mol. The van der Waals surface area contributed by atoms with Gasteiger partial charge < -0.3 is 5.11 Å². The van der Waals surface area contributed by atoms with Crippen molar-refractivity contribution in [2.24, 2.45) is 0 Å². The van der Waals surface area contributed by atoms with Crippen molar-refractivity contribution in [2.45, 2.75) is 18.9 Å². The molecule has 2 heterocycles. The fourth-order valence-electron chi connectivity index (χ4n) is 1.92. The Bertz CT molecular complexity index is 241. The zero-order valence-corrected chi connectivity index (χ0v) is 8.46. The van der Waals surface area contributed by atoms with E-state index in [0.29, 0.717) is 0 Å². The minimum absolute atomic E-state index is 0.251. The normalized spacial score (nSPS) is 20.7. The average Bonchev–Trinajstić information content (AvgIpc) is 2.76. The summed E-state index contributed by atoms with van der Waals surface area (Å²) in [7, 11) is 0. The number of thiophene rings is 1. The van der Waals surface area contributed by atoms with Crippen LogP contribution in [0.15, 0.2) is 17.5 Å². The third-order valence-electron chi connectivity index (χ3n) is 2.63. The lowest BCUT2D eigenvalue weighted by Crippen LogP contribution is -2.27. The number of hydrogen-bond acceptors (Lipinski definition) is 3. The topological polar surface area (TPSA) is 23.5 Å². The van der Waals surface area contributed by atoms with E-state index in [0.717, 1.165) is 13.1 Å². The third-order valence-corrected chi connectivity index (χ3v) is 3.60. The van der Waals surface area contributed by atoms with Crippen molar-refractivity contribution in [3.63, 3.8) is 0 Å². The summed E-state index contributed by atoms with van der Waals surface area (Å²) in [5.74, 6) is 0. The van der Waals surface area contributed by atoms with Gasteiger partial charge in [0, 0.05) is 4.88 Å². The largest absolute Gasteiger partial charge is 0.394 e. The maximum Gasteiger partial charge on any atom is 0.0674 e. The Kier molecular flexibility index (Phi) is 2.98. The highest BCUT2D eigenvalue weighted by molar-refractivity contribution is 7.10. The molecule has 0 spiro atoms. The molecule has 1 aromatic heterocycles. The van der Waals surface area contributed by atoms with Crippen LogP contribution >= 0.6 is 11.3 Å². The van der Waals surface area contributed by atoms with Gasteiger partial charge in [-0.15, -0.1) is 11.3 Å². The second-order valence-corrected chi connectivity index (χ2v) is 4.44. The minimum Gasteiger partial charge on any atom is -0.394 e. The SMILES string of the molecule is OC[C@H](c1cccs1)N1CCCC1. The van der Waals surface area contributed by atoms with E-state index in [1.807, 2.05) is 0 Å². The highest BCUT2D eigenvalue weighted by Crippen LogP contribution is 2.27. The average molecular weight is 197 g/mol. The molecule has 13 heavy (non-hydrogen) atoms. The number of likely N-dealkylation sites (tertiary alicyclic amines) is 1. The predicted molar refractivity (Wildman–Crippen MR) is 55.0 cm³/mol. The van der Waals surface area contributed by atoms with Crippen molar-refractivity contribution in [2.75, 3.05) is 19.7 Å². The summed E-state index contributed by atoms with van der Waals surface area (Å²) < 4.78 is 0. The second-order valence-electron chi connectivity index (χ2n) is 3.46. The first-order valence-corrected chi connectivity index (χ1v) is 5.68. The van der Waals surface area contributed by atoms with E-state index >= 15 is 0 Å². The van der Waals surface area contributed by atoms with Gasteiger partial charge in [0.15, 0.2) is 0 Å². The van der Waals surface area contributed by atoms with Crippen molar-refractivity contribution < 1.29 is 5.11 Å². The molecule has 0 aliphatic carbocycles. The number of rotatable bonds is 3. The lowest BCUT2D eigenvalue weighted by atomic mass is 10.2. The van der Waals surface area contributed by atoms with Gasteiger partial charge in [0.05, 0.1) is 12.6 Å². The molecule has 2 rings (SSSR count). The molecule has 2 nitrogen and oxygen atoms in total. The Labute approximate surface area is 82.8 Å². The highest BCUT2D eigenvalue weighted by Gasteiger charge is 2.22. The van der Waals surface area contributed by atoms with Crippen LogP contribution < -0.4 is 0 Å². The van der Waals surface area contributed by atoms with Crippen molar-refractivity contribution in [3.8, 4) is 0 Å². The zero-order chi connectivity index (χ0) is 9.10. The standard InChI is InChI=1S/C10H15NOS/c12-8-9(10-4-3-7-13-10)11-5-1-2-6-11/h3-4,7,9,12H,1-2,5-6,8H2/t9-/m1/s1. The smallest absolute Gasteiger partial charge is 0.0674 e. The van der Waals surface area contributed by atoms with E-state index < -0.39 is 0 Å². The molecule has 0 unspecified atom stereocenters. The Balaban J connectivity index is 2.08. The molecule has 1 N–H and O–H groups in total. The first-order chi connectivity index (χ1) is 6.42. The van der Waals surface area contributed by atoms with E-state index in [-0.39, 0.29) is 12.6 Å². The van der Waals surface area contributed by atoms with Gasteiger partial charge >= 0.3 is 0 Å². The molecule has 3 heteroatoms. The Morgan fingerprint density at radius 2 is 2.23 bits per heavy atom. The summed E-state index contributed by atoms with van der Waals surface area (Å²) in [6.45, 7) is 2.53. The van der Waals surface area contributed by atoms with Crippen LogP contribution in [0, 0.1) is 0 Å². The van der Waals surface area contributed by atoms with Crippen LogP contribution in [0.2, 0.25) is 0 Å². The molecule has 1 aliphatic heterocycles. The van der Waals surface area contributed by atoms with Gasteiger partial charge in [-0.25, -0.2) is 0 Å². The van der Waals surface area contributed by atoms with E-state index in [1.165, 1.54) is 17.7 Å². The Hall–Kier alpha value is -0.380. The molecule has 1 aliphatic rings. The summed E-state index contributed by atoms with van der Waals surface area (Å²) in [5.41, 5.74) is 0. The van der Waals surface area contributed by atoms with E-state index in [2.05, 4.69) is 22.4 Å². The lowest BCUT2D eigenvalue weighted by Gasteiger charge is -2.24. The van der Waals surface area contributed by atoms with Crippen molar-refractivity contribution in [3.05, 3.63) is 22.4 Å². The maximum absolute atomic E-state index is 9.32. The molecule has 1 aromatic rings. The van der Waals surface area contributed by atoms with E-state index in [4.69, 9.17) is 0 Å². The van der Waals surface area contributed by atoms with Gasteiger partial charge in [0.25, 0.3) is 0 Å². The minimum atomic E-state index is 0.251. The van der Waals surface area contributed by atoms with E-state index in [1.54, 1.807) is 11.3 Å². The molecule has 0 amide bonds. The number of nitrogens with zero attached hydrogens (tertiary/aromatic N) is 1. The summed E-state index contributed by atoms with van der Waals surface area (Å²) in [4.78, 5) is 3.68. The van der Waals surface area contributed by atoms with Crippen LogP contribution in [0.3, 0.4) is 0 Å². The van der Waals surface area contributed by atoms with Gasteiger partial charge in [0.2, 0.25) is 0 Å². The molecule has 1 saturated heterocycles. The van der Waals surface area contributed by atoms with Crippen LogP contribution in [-0.2, 0) is 0 Å². The first kappa shape index (κ1) is 9.19. The van der Waals surface area contributed by atoms with Gasteiger partial charge in [-0.2, -0.15) is 0 Å².